The number of rotatable bonds is 6. The van der Waals surface area contributed by atoms with Gasteiger partial charge in [-0.25, -0.2) is 0 Å². The summed E-state index contributed by atoms with van der Waals surface area (Å²) < 4.78 is 16.0. The van der Waals surface area contributed by atoms with E-state index in [0.29, 0.717) is 19.8 Å². The number of benzene rings is 1. The molecule has 0 amide bonds. The third-order valence-corrected chi connectivity index (χ3v) is 4.42. The zero-order chi connectivity index (χ0) is 15.2. The maximum Gasteiger partial charge on any atom is 0.0822 e. The number of methoxy groups -OCH3 is 2. The van der Waals surface area contributed by atoms with E-state index in [4.69, 9.17) is 37.4 Å². The molecule has 2 rings (SSSR count). The molecule has 0 saturated carbocycles. The van der Waals surface area contributed by atoms with E-state index in [1.807, 2.05) is 0 Å². The highest BCUT2D eigenvalue weighted by Crippen LogP contribution is 2.35. The summed E-state index contributed by atoms with van der Waals surface area (Å²) in [5.41, 5.74) is 4.56. The van der Waals surface area contributed by atoms with Crippen LogP contribution < -0.4 is 0 Å². The van der Waals surface area contributed by atoms with Crippen molar-refractivity contribution in [2.75, 3.05) is 34.0 Å². The van der Waals surface area contributed by atoms with Gasteiger partial charge in [0, 0.05) is 20.8 Å². The van der Waals surface area contributed by atoms with Crippen molar-refractivity contribution in [1.29, 1.82) is 0 Å². The number of ether oxygens (including phenoxy) is 3. The maximum atomic E-state index is 6.48. The lowest BCUT2D eigenvalue weighted by molar-refractivity contribution is 0.125. The van der Waals surface area contributed by atoms with Crippen molar-refractivity contribution in [3.8, 4) is 0 Å². The van der Waals surface area contributed by atoms with Crippen molar-refractivity contribution in [2.45, 2.75) is 30.2 Å². The van der Waals surface area contributed by atoms with Gasteiger partial charge in [0.25, 0.3) is 0 Å². The number of halogens is 2. The van der Waals surface area contributed by atoms with Crippen molar-refractivity contribution in [2.24, 2.45) is 0 Å². The topological polar surface area (TPSA) is 27.7 Å². The molecule has 0 saturated heterocycles. The fraction of sp³-hybridized carbons (Fsp3) is 0.625. The Hall–Kier alpha value is -0.320. The van der Waals surface area contributed by atoms with Gasteiger partial charge in [0.1, 0.15) is 0 Å². The van der Waals surface area contributed by atoms with Gasteiger partial charge in [-0.05, 0) is 35.1 Å². The number of hydrogen-bond acceptors (Lipinski definition) is 3. The molecular formula is C16H22Cl2O3. The van der Waals surface area contributed by atoms with Crippen LogP contribution in [0.15, 0.2) is 12.1 Å². The number of aryl methyl sites for hydroxylation is 1. The molecule has 0 N–H and O–H groups in total. The molecule has 1 aromatic rings. The second-order valence-corrected chi connectivity index (χ2v) is 6.31. The van der Waals surface area contributed by atoms with E-state index in [0.717, 1.165) is 30.6 Å². The summed E-state index contributed by atoms with van der Waals surface area (Å²) in [4.78, 5) is 0. The lowest BCUT2D eigenvalue weighted by atomic mass is 9.93. The Morgan fingerprint density at radius 2 is 1.62 bits per heavy atom. The van der Waals surface area contributed by atoms with Crippen LogP contribution in [0.25, 0.3) is 0 Å². The molecule has 1 aliphatic heterocycles. The molecule has 21 heavy (non-hydrogen) atoms. The lowest BCUT2D eigenvalue weighted by Crippen LogP contribution is -2.10. The van der Waals surface area contributed by atoms with Gasteiger partial charge in [-0.15, -0.1) is 23.2 Å². The van der Waals surface area contributed by atoms with Crippen LogP contribution in [-0.4, -0.2) is 34.0 Å². The molecule has 0 fully saturated rings. The largest absolute Gasteiger partial charge is 0.383 e. The van der Waals surface area contributed by atoms with Crippen LogP contribution in [0.5, 0.6) is 0 Å². The van der Waals surface area contributed by atoms with Crippen LogP contribution in [0.2, 0.25) is 0 Å². The molecule has 0 aromatic heterocycles. The molecule has 1 heterocycles. The smallest absolute Gasteiger partial charge is 0.0822 e. The minimum atomic E-state index is -0.225. The van der Waals surface area contributed by atoms with E-state index >= 15 is 0 Å². The molecule has 1 aromatic carbocycles. The maximum absolute atomic E-state index is 6.48. The van der Waals surface area contributed by atoms with Gasteiger partial charge >= 0.3 is 0 Å². The fourth-order valence-electron chi connectivity index (χ4n) is 2.66. The van der Waals surface area contributed by atoms with E-state index in [-0.39, 0.29) is 10.8 Å². The summed E-state index contributed by atoms with van der Waals surface area (Å²) in [6, 6.07) is 4.29. The minimum Gasteiger partial charge on any atom is -0.383 e. The van der Waals surface area contributed by atoms with Crippen molar-refractivity contribution in [3.63, 3.8) is 0 Å². The van der Waals surface area contributed by atoms with Crippen LogP contribution in [0.1, 0.15) is 39.4 Å². The molecule has 0 bridgehead atoms. The van der Waals surface area contributed by atoms with E-state index < -0.39 is 0 Å². The Labute approximate surface area is 136 Å². The highest BCUT2D eigenvalue weighted by atomic mass is 35.5. The summed E-state index contributed by atoms with van der Waals surface area (Å²) in [6.45, 7) is 2.34. The predicted molar refractivity (Wildman–Crippen MR) is 85.4 cm³/mol. The van der Waals surface area contributed by atoms with Gasteiger partial charge in [0.05, 0.1) is 30.6 Å². The molecular weight excluding hydrogens is 311 g/mol. The van der Waals surface area contributed by atoms with E-state index in [9.17, 15) is 0 Å². The Morgan fingerprint density at radius 3 is 2.19 bits per heavy atom. The number of hydrogen-bond donors (Lipinski definition) is 0. The Morgan fingerprint density at radius 1 is 1.05 bits per heavy atom. The first-order chi connectivity index (χ1) is 10.2. The number of alkyl halides is 2. The minimum absolute atomic E-state index is 0.211. The van der Waals surface area contributed by atoms with Crippen LogP contribution in [0, 0.1) is 0 Å². The summed E-state index contributed by atoms with van der Waals surface area (Å²) in [5, 5.41) is -0.436. The SMILES string of the molecule is COCC(Cl)c1cc2c(cc1C(Cl)COC)COCCC2. The lowest BCUT2D eigenvalue weighted by Gasteiger charge is -2.21. The molecule has 0 radical (unpaired) electrons. The highest BCUT2D eigenvalue weighted by Gasteiger charge is 2.22. The van der Waals surface area contributed by atoms with Gasteiger partial charge in [0.15, 0.2) is 0 Å². The first-order valence-corrected chi connectivity index (χ1v) is 8.04. The normalized spacial score (nSPS) is 17.9. The molecule has 118 valence electrons. The molecule has 5 heteroatoms. The predicted octanol–water partition coefficient (Wildman–Crippen LogP) is 4.00. The summed E-state index contributed by atoms with van der Waals surface area (Å²) in [6.07, 6.45) is 2.04. The van der Waals surface area contributed by atoms with E-state index in [1.54, 1.807) is 14.2 Å². The molecule has 2 unspecified atom stereocenters. The summed E-state index contributed by atoms with van der Waals surface area (Å²) in [5.74, 6) is 0. The van der Waals surface area contributed by atoms with Gasteiger partial charge in [0.2, 0.25) is 0 Å². The third kappa shape index (κ3) is 4.33. The fourth-order valence-corrected chi connectivity index (χ4v) is 3.29. The second-order valence-electron chi connectivity index (χ2n) is 5.25. The van der Waals surface area contributed by atoms with E-state index in [1.165, 1.54) is 11.1 Å². The van der Waals surface area contributed by atoms with Gasteiger partial charge in [-0.1, -0.05) is 12.1 Å². The Bertz CT molecular complexity index is 424. The van der Waals surface area contributed by atoms with Crippen molar-refractivity contribution in [1.82, 2.24) is 0 Å². The van der Waals surface area contributed by atoms with E-state index in [2.05, 4.69) is 12.1 Å². The van der Waals surface area contributed by atoms with Gasteiger partial charge < -0.3 is 14.2 Å². The number of fused-ring (bicyclic) bond motifs is 1. The monoisotopic (exact) mass is 332 g/mol. The van der Waals surface area contributed by atoms with Gasteiger partial charge in [-0.3, -0.25) is 0 Å². The zero-order valence-electron chi connectivity index (χ0n) is 12.5. The second kappa shape index (κ2) is 8.35. The highest BCUT2D eigenvalue weighted by molar-refractivity contribution is 6.23. The standard InChI is InChI=1S/C16H22Cl2O3/c1-19-9-15(17)13-6-11-4-3-5-21-8-12(11)7-14(13)16(18)10-20-2/h6-7,15-16H,3-5,8-10H2,1-2H3. The summed E-state index contributed by atoms with van der Waals surface area (Å²) >= 11 is 13.0. The average molecular weight is 333 g/mol. The van der Waals surface area contributed by atoms with Crippen molar-refractivity contribution >= 4 is 23.2 Å². The molecule has 2 atom stereocenters. The third-order valence-electron chi connectivity index (χ3n) is 3.70. The van der Waals surface area contributed by atoms with Crippen molar-refractivity contribution < 1.29 is 14.2 Å². The molecule has 1 aliphatic rings. The first kappa shape index (κ1) is 17.0. The van der Waals surface area contributed by atoms with Crippen LogP contribution >= 0.6 is 23.2 Å². The van der Waals surface area contributed by atoms with Gasteiger partial charge in [-0.2, -0.15) is 0 Å². The van der Waals surface area contributed by atoms with Crippen LogP contribution in [0.3, 0.4) is 0 Å². The average Bonchev–Trinajstić information content (AvgIpc) is 2.71. The quantitative estimate of drug-likeness (QED) is 0.737. The Kier molecular flexibility index (Phi) is 6.77. The first-order valence-electron chi connectivity index (χ1n) is 7.16. The Balaban J connectivity index is 2.41. The summed E-state index contributed by atoms with van der Waals surface area (Å²) in [7, 11) is 3.30. The van der Waals surface area contributed by atoms with Crippen molar-refractivity contribution in [3.05, 3.63) is 34.4 Å². The molecule has 0 spiro atoms. The van der Waals surface area contributed by atoms with Crippen LogP contribution in [-0.2, 0) is 27.2 Å². The van der Waals surface area contributed by atoms with Crippen LogP contribution in [0.4, 0.5) is 0 Å². The zero-order valence-corrected chi connectivity index (χ0v) is 14.0. The molecule has 0 aliphatic carbocycles. The molecule has 3 nitrogen and oxygen atoms in total.